The first kappa shape index (κ1) is 13.8. The van der Waals surface area contributed by atoms with E-state index in [0.717, 1.165) is 23.4 Å². The van der Waals surface area contributed by atoms with Gasteiger partial charge in [0.2, 0.25) is 0 Å². The molecule has 1 N–H and O–H groups in total. The maximum atomic E-state index is 11.4. The van der Waals surface area contributed by atoms with Crippen molar-refractivity contribution in [3.05, 3.63) is 23.8 Å². The molecule has 0 aliphatic carbocycles. The molecule has 0 saturated carbocycles. The van der Waals surface area contributed by atoms with Crippen LogP contribution in [0.1, 0.15) is 24.8 Å². The third kappa shape index (κ3) is 2.69. The number of piperidine rings is 1. The molecule has 4 nitrogen and oxygen atoms in total. The first-order chi connectivity index (χ1) is 9.19. The fourth-order valence-electron chi connectivity index (χ4n) is 2.52. The van der Waals surface area contributed by atoms with Crippen molar-refractivity contribution in [2.75, 3.05) is 17.7 Å². The molecule has 19 heavy (non-hydrogen) atoms. The minimum atomic E-state index is -0.807. The van der Waals surface area contributed by atoms with Crippen LogP contribution < -0.4 is 4.90 Å². The van der Waals surface area contributed by atoms with Crippen LogP contribution in [0.5, 0.6) is 0 Å². The number of hydrogen-bond acceptors (Lipinski definition) is 4. The van der Waals surface area contributed by atoms with Gasteiger partial charge in [-0.05, 0) is 37.7 Å². The van der Waals surface area contributed by atoms with Crippen molar-refractivity contribution in [3.63, 3.8) is 0 Å². The molecule has 1 aromatic rings. The molecule has 1 atom stereocenters. The average Bonchev–Trinajstić information content (AvgIpc) is 2.46. The maximum Gasteiger partial charge on any atom is 0.326 e. The normalized spacial score (nSPS) is 18.9. The van der Waals surface area contributed by atoms with Crippen LogP contribution in [0.2, 0.25) is 0 Å². The molecular formula is C14H16N2O2S. The summed E-state index contributed by atoms with van der Waals surface area (Å²) in [5.41, 5.74) is 1.34. The van der Waals surface area contributed by atoms with Gasteiger partial charge >= 0.3 is 5.97 Å². The minimum Gasteiger partial charge on any atom is -0.480 e. The molecule has 0 aromatic heterocycles. The van der Waals surface area contributed by atoms with Crippen molar-refractivity contribution in [2.45, 2.75) is 30.2 Å². The van der Waals surface area contributed by atoms with Gasteiger partial charge in [-0.1, -0.05) is 6.07 Å². The summed E-state index contributed by atoms with van der Waals surface area (Å²) in [5, 5.41) is 18.7. The van der Waals surface area contributed by atoms with E-state index in [1.54, 1.807) is 0 Å². The second-order valence-electron chi connectivity index (χ2n) is 4.51. The van der Waals surface area contributed by atoms with Crippen LogP contribution in [0.3, 0.4) is 0 Å². The molecule has 0 radical (unpaired) electrons. The number of nitriles is 1. The summed E-state index contributed by atoms with van der Waals surface area (Å²) in [5.74, 6) is -0.807. The van der Waals surface area contributed by atoms with Crippen molar-refractivity contribution in [3.8, 4) is 6.07 Å². The third-order valence-electron chi connectivity index (χ3n) is 3.43. The Morgan fingerprint density at radius 1 is 1.53 bits per heavy atom. The van der Waals surface area contributed by atoms with Crippen molar-refractivity contribution in [1.82, 2.24) is 0 Å². The van der Waals surface area contributed by atoms with Gasteiger partial charge in [-0.3, -0.25) is 0 Å². The van der Waals surface area contributed by atoms with Crippen LogP contribution in [0.15, 0.2) is 23.1 Å². The van der Waals surface area contributed by atoms with Crippen LogP contribution in [0, 0.1) is 11.3 Å². The molecule has 0 spiro atoms. The highest BCUT2D eigenvalue weighted by molar-refractivity contribution is 7.98. The van der Waals surface area contributed by atoms with Gasteiger partial charge in [0.25, 0.3) is 0 Å². The number of carboxylic acids is 1. The molecule has 1 unspecified atom stereocenters. The zero-order valence-corrected chi connectivity index (χ0v) is 11.6. The molecule has 1 fully saturated rings. The summed E-state index contributed by atoms with van der Waals surface area (Å²) in [4.78, 5) is 14.1. The lowest BCUT2D eigenvalue weighted by Gasteiger charge is -2.35. The summed E-state index contributed by atoms with van der Waals surface area (Å²) in [6.07, 6.45) is 4.46. The minimum absolute atomic E-state index is 0.516. The number of carboxylic acid groups (broad SMARTS) is 1. The highest BCUT2D eigenvalue weighted by Crippen LogP contribution is 2.32. The maximum absolute atomic E-state index is 11.4. The molecular weight excluding hydrogens is 260 g/mol. The van der Waals surface area contributed by atoms with E-state index in [1.165, 1.54) is 11.8 Å². The van der Waals surface area contributed by atoms with Gasteiger partial charge in [0.05, 0.1) is 11.3 Å². The number of carbonyl (C=O) groups is 1. The van der Waals surface area contributed by atoms with E-state index in [2.05, 4.69) is 6.07 Å². The molecule has 1 aliphatic rings. The van der Waals surface area contributed by atoms with Crippen molar-refractivity contribution in [2.24, 2.45) is 0 Å². The summed E-state index contributed by atoms with van der Waals surface area (Å²) in [6, 6.07) is 7.33. The van der Waals surface area contributed by atoms with Crippen LogP contribution in [0.25, 0.3) is 0 Å². The van der Waals surface area contributed by atoms with Crippen LogP contribution in [0.4, 0.5) is 5.69 Å². The SMILES string of the molecule is CSc1cccc(N2CCCCC2C(=O)O)c1C#N. The highest BCUT2D eigenvalue weighted by Gasteiger charge is 2.30. The number of benzene rings is 1. The Bertz CT molecular complexity index is 525. The average molecular weight is 276 g/mol. The van der Waals surface area contributed by atoms with E-state index in [0.29, 0.717) is 18.5 Å². The fraction of sp³-hybridized carbons (Fsp3) is 0.429. The summed E-state index contributed by atoms with van der Waals surface area (Å²) >= 11 is 1.51. The Morgan fingerprint density at radius 3 is 2.95 bits per heavy atom. The van der Waals surface area contributed by atoms with Gasteiger partial charge in [0.15, 0.2) is 0 Å². The van der Waals surface area contributed by atoms with Gasteiger partial charge in [-0.2, -0.15) is 5.26 Å². The number of anilines is 1. The molecule has 2 rings (SSSR count). The van der Waals surface area contributed by atoms with E-state index in [9.17, 15) is 15.2 Å². The Labute approximate surface area is 117 Å². The zero-order valence-electron chi connectivity index (χ0n) is 10.8. The van der Waals surface area contributed by atoms with Gasteiger partial charge in [-0.25, -0.2) is 4.79 Å². The quantitative estimate of drug-likeness (QED) is 0.860. The Morgan fingerprint density at radius 2 is 2.32 bits per heavy atom. The van der Waals surface area contributed by atoms with Gasteiger partial charge in [0.1, 0.15) is 12.1 Å². The van der Waals surface area contributed by atoms with E-state index in [1.807, 2.05) is 29.4 Å². The van der Waals surface area contributed by atoms with Crippen molar-refractivity contribution < 1.29 is 9.90 Å². The lowest BCUT2D eigenvalue weighted by atomic mass is 10.00. The Hall–Kier alpha value is -1.67. The summed E-state index contributed by atoms with van der Waals surface area (Å²) in [6.45, 7) is 0.698. The first-order valence-electron chi connectivity index (χ1n) is 6.25. The number of thioether (sulfide) groups is 1. The van der Waals surface area contributed by atoms with Crippen LogP contribution in [-0.4, -0.2) is 29.9 Å². The summed E-state index contributed by atoms with van der Waals surface area (Å²) < 4.78 is 0. The zero-order chi connectivity index (χ0) is 13.8. The van der Waals surface area contributed by atoms with Crippen molar-refractivity contribution in [1.29, 1.82) is 5.26 Å². The molecule has 1 saturated heterocycles. The number of nitrogens with zero attached hydrogens (tertiary/aromatic N) is 2. The van der Waals surface area contributed by atoms with Gasteiger partial charge in [0, 0.05) is 11.4 Å². The predicted octanol–water partition coefficient (Wildman–Crippen LogP) is 2.72. The molecule has 1 aliphatic heterocycles. The molecule has 100 valence electrons. The van der Waals surface area contributed by atoms with Gasteiger partial charge < -0.3 is 10.0 Å². The molecule has 0 bridgehead atoms. The number of rotatable bonds is 3. The first-order valence-corrected chi connectivity index (χ1v) is 7.48. The second-order valence-corrected chi connectivity index (χ2v) is 5.36. The van der Waals surface area contributed by atoms with Crippen LogP contribution >= 0.6 is 11.8 Å². The van der Waals surface area contributed by atoms with Gasteiger partial charge in [-0.15, -0.1) is 11.8 Å². The third-order valence-corrected chi connectivity index (χ3v) is 4.21. The number of hydrogen-bond donors (Lipinski definition) is 1. The monoisotopic (exact) mass is 276 g/mol. The lowest BCUT2D eigenvalue weighted by Crippen LogP contribution is -2.45. The largest absolute Gasteiger partial charge is 0.480 e. The van der Waals surface area contributed by atoms with E-state index in [-0.39, 0.29) is 0 Å². The highest BCUT2D eigenvalue weighted by atomic mass is 32.2. The molecule has 0 amide bonds. The Kier molecular flexibility index (Phi) is 4.33. The van der Waals surface area contributed by atoms with E-state index < -0.39 is 12.0 Å². The summed E-state index contributed by atoms with van der Waals surface area (Å²) in [7, 11) is 0. The lowest BCUT2D eigenvalue weighted by molar-refractivity contribution is -0.139. The van der Waals surface area contributed by atoms with Crippen LogP contribution in [-0.2, 0) is 4.79 Å². The molecule has 5 heteroatoms. The van der Waals surface area contributed by atoms with E-state index >= 15 is 0 Å². The molecule has 1 aromatic carbocycles. The second kappa shape index (κ2) is 5.98. The number of aliphatic carboxylic acids is 1. The van der Waals surface area contributed by atoms with E-state index in [4.69, 9.17) is 0 Å². The standard InChI is InChI=1S/C14H16N2O2S/c1-19-13-7-4-6-11(10(13)9-15)16-8-3-2-5-12(16)14(17)18/h4,6-7,12H,2-3,5,8H2,1H3,(H,17,18). The Balaban J connectivity index is 2.45. The predicted molar refractivity (Wildman–Crippen MR) is 75.6 cm³/mol. The smallest absolute Gasteiger partial charge is 0.326 e. The topological polar surface area (TPSA) is 64.3 Å². The molecule has 1 heterocycles. The van der Waals surface area contributed by atoms with Crippen molar-refractivity contribution >= 4 is 23.4 Å². The fourth-order valence-corrected chi connectivity index (χ4v) is 3.09.